The maximum atomic E-state index is 15.0. The van der Waals surface area contributed by atoms with Crippen LogP contribution in [0.3, 0.4) is 0 Å². The van der Waals surface area contributed by atoms with Gasteiger partial charge in [-0.1, -0.05) is 6.07 Å². The maximum absolute atomic E-state index is 15.0. The van der Waals surface area contributed by atoms with Crippen molar-refractivity contribution in [3.63, 3.8) is 0 Å². The Morgan fingerprint density at radius 3 is 2.66 bits per heavy atom. The van der Waals surface area contributed by atoms with Gasteiger partial charge in [-0.05, 0) is 31.5 Å². The van der Waals surface area contributed by atoms with Gasteiger partial charge in [0.1, 0.15) is 11.4 Å². The molecular weight excluding hydrogens is 475 g/mol. The molecule has 178 valence electrons. The van der Waals surface area contributed by atoms with E-state index in [-0.39, 0.29) is 35.8 Å². The highest BCUT2D eigenvalue weighted by molar-refractivity contribution is 7.12. The SMILES string of the molecule is Cc1ccc(NC(=O)C2CN(c3nc4c(cc3F)c(=O)c(C(=O)O)cn4-c3nccs3)C2)nc1C. The number of carbonyl (C=O) groups is 2. The molecule has 1 fully saturated rings. The number of pyridine rings is 3. The second-order valence-electron chi connectivity index (χ2n) is 8.22. The minimum atomic E-state index is -1.43. The fourth-order valence-corrected chi connectivity index (χ4v) is 4.43. The van der Waals surface area contributed by atoms with E-state index in [4.69, 9.17) is 0 Å². The summed E-state index contributed by atoms with van der Waals surface area (Å²) >= 11 is 1.21. The van der Waals surface area contributed by atoms with Crippen molar-refractivity contribution in [2.45, 2.75) is 13.8 Å². The van der Waals surface area contributed by atoms with Gasteiger partial charge in [0, 0.05) is 36.6 Å². The summed E-state index contributed by atoms with van der Waals surface area (Å²) in [5.41, 5.74) is 0.570. The molecule has 1 aliphatic heterocycles. The van der Waals surface area contributed by atoms with Gasteiger partial charge in [-0.3, -0.25) is 14.2 Å². The normalized spacial score (nSPS) is 13.6. The molecule has 0 aromatic carbocycles. The Morgan fingerprint density at radius 2 is 2.00 bits per heavy atom. The van der Waals surface area contributed by atoms with Gasteiger partial charge in [0.25, 0.3) is 0 Å². The summed E-state index contributed by atoms with van der Waals surface area (Å²) in [6, 6.07) is 4.59. The van der Waals surface area contributed by atoms with Crippen LogP contribution in [0.1, 0.15) is 21.6 Å². The van der Waals surface area contributed by atoms with Crippen molar-refractivity contribution in [3.8, 4) is 5.13 Å². The summed E-state index contributed by atoms with van der Waals surface area (Å²) in [5, 5.41) is 14.1. The van der Waals surface area contributed by atoms with Gasteiger partial charge in [0.15, 0.2) is 22.4 Å². The Hall–Kier alpha value is -4.19. The zero-order chi connectivity index (χ0) is 24.9. The van der Waals surface area contributed by atoms with Crippen LogP contribution in [0, 0.1) is 25.6 Å². The first kappa shape index (κ1) is 22.6. The predicted octanol–water partition coefficient (Wildman–Crippen LogP) is 2.77. The fourth-order valence-electron chi connectivity index (χ4n) is 3.82. The zero-order valence-electron chi connectivity index (χ0n) is 18.6. The third-order valence-electron chi connectivity index (χ3n) is 5.92. The summed E-state index contributed by atoms with van der Waals surface area (Å²) in [6.07, 6.45) is 2.67. The number of nitrogens with zero attached hydrogens (tertiary/aromatic N) is 5. The van der Waals surface area contributed by atoms with Gasteiger partial charge in [-0.2, -0.15) is 0 Å². The van der Waals surface area contributed by atoms with Crippen LogP contribution < -0.4 is 15.6 Å². The van der Waals surface area contributed by atoms with E-state index < -0.39 is 28.7 Å². The summed E-state index contributed by atoms with van der Waals surface area (Å²) in [5.74, 6) is -2.42. The molecule has 0 spiro atoms. The Morgan fingerprint density at radius 1 is 1.23 bits per heavy atom. The molecule has 2 N–H and O–H groups in total. The third-order valence-corrected chi connectivity index (χ3v) is 6.69. The van der Waals surface area contributed by atoms with Crippen molar-refractivity contribution >= 4 is 45.9 Å². The number of rotatable bonds is 5. The van der Waals surface area contributed by atoms with Crippen LogP contribution in [0.15, 0.2) is 40.8 Å². The van der Waals surface area contributed by atoms with Crippen LogP contribution in [0.5, 0.6) is 0 Å². The number of aryl methyl sites for hydroxylation is 2. The summed E-state index contributed by atoms with van der Waals surface area (Å²) in [7, 11) is 0. The molecule has 0 saturated carbocycles. The van der Waals surface area contributed by atoms with Crippen molar-refractivity contribution in [2.24, 2.45) is 5.92 Å². The second kappa shape index (κ2) is 8.55. The van der Waals surface area contributed by atoms with Crippen molar-refractivity contribution < 1.29 is 19.1 Å². The van der Waals surface area contributed by atoms with Gasteiger partial charge in [0.05, 0.1) is 11.3 Å². The van der Waals surface area contributed by atoms with Crippen LogP contribution in [-0.2, 0) is 4.79 Å². The number of hydrogen-bond acceptors (Lipinski definition) is 8. The molecule has 5 heterocycles. The minimum absolute atomic E-state index is 0.0290. The Labute approximate surface area is 201 Å². The van der Waals surface area contributed by atoms with Crippen LogP contribution in [0.2, 0.25) is 0 Å². The van der Waals surface area contributed by atoms with Gasteiger partial charge in [0.2, 0.25) is 11.3 Å². The topological polar surface area (TPSA) is 130 Å². The van der Waals surface area contributed by atoms with E-state index >= 15 is 4.39 Å². The second-order valence-corrected chi connectivity index (χ2v) is 9.09. The number of hydrogen-bond donors (Lipinski definition) is 2. The van der Waals surface area contributed by atoms with Crippen molar-refractivity contribution in [1.29, 1.82) is 0 Å². The lowest BCUT2D eigenvalue weighted by molar-refractivity contribution is -0.120. The molecule has 0 aliphatic carbocycles. The van der Waals surface area contributed by atoms with Crippen molar-refractivity contribution in [2.75, 3.05) is 23.3 Å². The number of carboxylic acid groups (broad SMARTS) is 1. The Bertz CT molecular complexity index is 1550. The molecule has 35 heavy (non-hydrogen) atoms. The molecule has 4 aromatic heterocycles. The van der Waals surface area contributed by atoms with E-state index in [0.717, 1.165) is 23.5 Å². The molecule has 12 heteroatoms. The predicted molar refractivity (Wildman–Crippen MR) is 128 cm³/mol. The maximum Gasteiger partial charge on any atom is 0.341 e. The van der Waals surface area contributed by atoms with E-state index in [9.17, 15) is 19.5 Å². The number of fused-ring (bicyclic) bond motifs is 1. The number of aromatic nitrogens is 4. The fraction of sp³-hybridized carbons (Fsp3) is 0.217. The van der Waals surface area contributed by atoms with E-state index in [0.29, 0.717) is 10.9 Å². The first-order chi connectivity index (χ1) is 16.7. The van der Waals surface area contributed by atoms with E-state index in [1.54, 1.807) is 16.3 Å². The van der Waals surface area contributed by atoms with Crippen LogP contribution in [-0.4, -0.2) is 49.6 Å². The smallest absolute Gasteiger partial charge is 0.341 e. The molecule has 10 nitrogen and oxygen atoms in total. The molecule has 1 saturated heterocycles. The molecule has 0 atom stereocenters. The average molecular weight is 495 g/mol. The highest BCUT2D eigenvalue weighted by Crippen LogP contribution is 2.29. The number of aromatic carboxylic acids is 1. The Kier molecular flexibility index (Phi) is 5.52. The number of amides is 1. The molecule has 0 radical (unpaired) electrons. The van der Waals surface area contributed by atoms with Crippen molar-refractivity contribution in [3.05, 3.63) is 68.8 Å². The average Bonchev–Trinajstić information content (AvgIpc) is 3.31. The first-order valence-corrected chi connectivity index (χ1v) is 11.5. The van der Waals surface area contributed by atoms with Crippen molar-refractivity contribution in [1.82, 2.24) is 19.5 Å². The number of thiazole rings is 1. The standard InChI is InChI=1S/C23H19FN6O4S/c1-11-3-4-17(26-12(11)2)27-21(32)13-8-29(9-13)20-16(24)7-14-18(31)15(22(33)34)10-30(19(14)28-20)23-25-5-6-35-23/h3-7,10,13H,8-9H2,1-2H3,(H,33,34)(H,26,27,32). The Balaban J connectivity index is 1.44. The lowest BCUT2D eigenvalue weighted by Crippen LogP contribution is -2.52. The van der Waals surface area contributed by atoms with Gasteiger partial charge < -0.3 is 15.3 Å². The molecule has 0 bridgehead atoms. The van der Waals surface area contributed by atoms with Gasteiger partial charge in [-0.25, -0.2) is 24.1 Å². The van der Waals surface area contributed by atoms with Gasteiger partial charge >= 0.3 is 5.97 Å². The summed E-state index contributed by atoms with van der Waals surface area (Å²) in [6.45, 7) is 4.23. The minimum Gasteiger partial charge on any atom is -0.477 e. The number of anilines is 2. The van der Waals surface area contributed by atoms with E-state index in [1.807, 2.05) is 19.9 Å². The molecule has 4 aromatic rings. The number of nitrogens with one attached hydrogen (secondary N) is 1. The monoisotopic (exact) mass is 494 g/mol. The highest BCUT2D eigenvalue weighted by Gasteiger charge is 2.35. The molecule has 0 unspecified atom stereocenters. The van der Waals surface area contributed by atoms with E-state index in [2.05, 4.69) is 20.3 Å². The van der Waals surface area contributed by atoms with Crippen LogP contribution in [0.4, 0.5) is 16.0 Å². The number of carbonyl (C=O) groups excluding carboxylic acids is 1. The van der Waals surface area contributed by atoms with Gasteiger partial charge in [-0.15, -0.1) is 11.3 Å². The quantitative estimate of drug-likeness (QED) is 0.433. The molecular formula is C23H19FN6O4S. The lowest BCUT2D eigenvalue weighted by Gasteiger charge is -2.39. The highest BCUT2D eigenvalue weighted by atomic mass is 32.1. The lowest BCUT2D eigenvalue weighted by atomic mass is 9.99. The van der Waals surface area contributed by atoms with Crippen LogP contribution in [0.25, 0.3) is 16.2 Å². The number of carboxylic acids is 1. The summed E-state index contributed by atoms with van der Waals surface area (Å²) < 4.78 is 16.4. The number of halogens is 1. The first-order valence-electron chi connectivity index (χ1n) is 10.6. The molecule has 1 amide bonds. The summed E-state index contributed by atoms with van der Waals surface area (Å²) in [4.78, 5) is 51.3. The zero-order valence-corrected chi connectivity index (χ0v) is 19.5. The largest absolute Gasteiger partial charge is 0.477 e. The third kappa shape index (κ3) is 4.01. The van der Waals surface area contributed by atoms with Crippen LogP contribution >= 0.6 is 11.3 Å². The molecule has 1 aliphatic rings. The molecule has 5 rings (SSSR count). The van der Waals surface area contributed by atoms with E-state index in [1.165, 1.54) is 22.1 Å².